The Labute approximate surface area is 77.5 Å². The van der Waals surface area contributed by atoms with Crippen LogP contribution < -0.4 is 0 Å². The molecule has 1 heteroatoms. The Morgan fingerprint density at radius 3 is 1.67 bits per heavy atom. The quantitative estimate of drug-likeness (QED) is 0.619. The van der Waals surface area contributed by atoms with E-state index in [9.17, 15) is 0 Å². The molecule has 74 valence electrons. The minimum Gasteiger partial charge on any atom is -0.376 e. The first-order chi connectivity index (χ1) is 5.13. The van der Waals surface area contributed by atoms with Gasteiger partial charge in [-0.3, -0.25) is 0 Å². The fourth-order valence-corrected chi connectivity index (χ4v) is 0.625. The van der Waals surface area contributed by atoms with Crippen molar-refractivity contribution in [1.29, 1.82) is 0 Å². The van der Waals surface area contributed by atoms with E-state index < -0.39 is 0 Å². The zero-order valence-electron chi connectivity index (χ0n) is 9.69. The molecule has 0 fully saturated rings. The van der Waals surface area contributed by atoms with Crippen LogP contribution in [0.3, 0.4) is 0 Å². The van der Waals surface area contributed by atoms with E-state index in [0.29, 0.717) is 11.3 Å². The maximum Gasteiger partial charge on any atom is 0.0598 e. The van der Waals surface area contributed by atoms with Gasteiger partial charge < -0.3 is 4.74 Å². The standard InChI is InChI=1S/C11H24O/c1-9(10(2,3)4)8-12-11(5,6)7/h9H,8H2,1-7H3. The van der Waals surface area contributed by atoms with Gasteiger partial charge >= 0.3 is 0 Å². The number of ether oxygens (including phenoxy) is 1. The van der Waals surface area contributed by atoms with E-state index in [2.05, 4.69) is 48.5 Å². The second-order valence-corrected chi connectivity index (χ2v) is 5.69. The van der Waals surface area contributed by atoms with Crippen molar-refractivity contribution >= 4 is 0 Å². The lowest BCUT2D eigenvalue weighted by molar-refractivity contribution is -0.0371. The molecule has 12 heavy (non-hydrogen) atoms. The summed E-state index contributed by atoms with van der Waals surface area (Å²) in [5.41, 5.74) is 0.352. The summed E-state index contributed by atoms with van der Waals surface area (Å²) < 4.78 is 5.72. The van der Waals surface area contributed by atoms with E-state index in [0.717, 1.165) is 6.61 Å². The summed E-state index contributed by atoms with van der Waals surface area (Å²) in [6, 6.07) is 0. The average Bonchev–Trinajstić information content (AvgIpc) is 1.78. The molecule has 0 heterocycles. The largest absolute Gasteiger partial charge is 0.376 e. The number of rotatable bonds is 2. The molecule has 1 nitrogen and oxygen atoms in total. The summed E-state index contributed by atoms with van der Waals surface area (Å²) in [4.78, 5) is 0. The normalized spacial score (nSPS) is 16.2. The first-order valence-electron chi connectivity index (χ1n) is 4.77. The van der Waals surface area contributed by atoms with Gasteiger partial charge in [0.05, 0.1) is 12.2 Å². The van der Waals surface area contributed by atoms with Crippen molar-refractivity contribution in [1.82, 2.24) is 0 Å². The maximum absolute atomic E-state index is 5.72. The highest BCUT2D eigenvalue weighted by Crippen LogP contribution is 2.26. The molecule has 0 bridgehead atoms. The lowest BCUT2D eigenvalue weighted by Gasteiger charge is -2.30. The van der Waals surface area contributed by atoms with Crippen molar-refractivity contribution < 1.29 is 4.74 Å². The summed E-state index contributed by atoms with van der Waals surface area (Å²) in [6.45, 7) is 16.2. The second kappa shape index (κ2) is 3.78. The van der Waals surface area contributed by atoms with Gasteiger partial charge in [-0.15, -0.1) is 0 Å². The van der Waals surface area contributed by atoms with Crippen LogP contribution in [0.15, 0.2) is 0 Å². The van der Waals surface area contributed by atoms with Crippen molar-refractivity contribution in [2.45, 2.75) is 54.1 Å². The van der Waals surface area contributed by atoms with E-state index in [1.807, 2.05) is 0 Å². The van der Waals surface area contributed by atoms with Crippen LogP contribution in [0.2, 0.25) is 0 Å². The molecular weight excluding hydrogens is 148 g/mol. The topological polar surface area (TPSA) is 9.23 Å². The summed E-state index contributed by atoms with van der Waals surface area (Å²) in [6.07, 6.45) is 0. The Bertz CT molecular complexity index is 125. The van der Waals surface area contributed by atoms with E-state index in [1.54, 1.807) is 0 Å². The van der Waals surface area contributed by atoms with Gasteiger partial charge in [0.25, 0.3) is 0 Å². The van der Waals surface area contributed by atoms with Crippen molar-refractivity contribution in [3.63, 3.8) is 0 Å². The van der Waals surface area contributed by atoms with E-state index in [-0.39, 0.29) is 5.60 Å². The third-order valence-corrected chi connectivity index (χ3v) is 2.24. The molecule has 0 aromatic carbocycles. The van der Waals surface area contributed by atoms with Crippen LogP contribution in [-0.4, -0.2) is 12.2 Å². The molecule has 0 aromatic rings. The molecular formula is C11H24O. The van der Waals surface area contributed by atoms with Crippen LogP contribution >= 0.6 is 0 Å². The molecule has 0 aliphatic heterocycles. The van der Waals surface area contributed by atoms with Gasteiger partial charge in [-0.25, -0.2) is 0 Å². The van der Waals surface area contributed by atoms with E-state index >= 15 is 0 Å². The highest BCUT2D eigenvalue weighted by molar-refractivity contribution is 4.71. The van der Waals surface area contributed by atoms with Crippen molar-refractivity contribution in [3.8, 4) is 0 Å². The predicted octanol–water partition coefficient (Wildman–Crippen LogP) is 3.48. The molecule has 0 saturated heterocycles. The predicted molar refractivity (Wildman–Crippen MR) is 54.3 cm³/mol. The minimum atomic E-state index is -0.000486. The maximum atomic E-state index is 5.72. The van der Waals surface area contributed by atoms with E-state index in [4.69, 9.17) is 4.74 Å². The Morgan fingerprint density at radius 1 is 1.00 bits per heavy atom. The molecule has 0 rings (SSSR count). The van der Waals surface area contributed by atoms with Gasteiger partial charge in [0.15, 0.2) is 0 Å². The lowest BCUT2D eigenvalue weighted by atomic mass is 9.83. The fourth-order valence-electron chi connectivity index (χ4n) is 0.625. The molecule has 0 aliphatic rings. The van der Waals surface area contributed by atoms with Gasteiger partial charge in [0, 0.05) is 0 Å². The molecule has 1 unspecified atom stereocenters. The monoisotopic (exact) mass is 172 g/mol. The average molecular weight is 172 g/mol. The SMILES string of the molecule is CC(COC(C)(C)C)C(C)(C)C. The van der Waals surface area contributed by atoms with Crippen molar-refractivity contribution in [3.05, 3.63) is 0 Å². The molecule has 0 spiro atoms. The van der Waals surface area contributed by atoms with Crippen LogP contribution in [0, 0.1) is 11.3 Å². The van der Waals surface area contributed by atoms with Crippen LogP contribution in [0.1, 0.15) is 48.5 Å². The van der Waals surface area contributed by atoms with Crippen LogP contribution in [0.4, 0.5) is 0 Å². The van der Waals surface area contributed by atoms with Gasteiger partial charge in [-0.1, -0.05) is 27.7 Å². The smallest absolute Gasteiger partial charge is 0.0598 e. The molecule has 0 N–H and O–H groups in total. The lowest BCUT2D eigenvalue weighted by Crippen LogP contribution is -2.28. The van der Waals surface area contributed by atoms with Crippen molar-refractivity contribution in [2.24, 2.45) is 11.3 Å². The Hall–Kier alpha value is -0.0400. The van der Waals surface area contributed by atoms with Gasteiger partial charge in [-0.05, 0) is 32.1 Å². The molecule has 0 aliphatic carbocycles. The summed E-state index contributed by atoms with van der Waals surface area (Å²) in [5, 5.41) is 0. The zero-order chi connectivity index (χ0) is 9.99. The number of hydrogen-bond donors (Lipinski definition) is 0. The zero-order valence-corrected chi connectivity index (χ0v) is 9.69. The molecule has 0 amide bonds. The highest BCUT2D eigenvalue weighted by atomic mass is 16.5. The Morgan fingerprint density at radius 2 is 1.42 bits per heavy atom. The van der Waals surface area contributed by atoms with E-state index in [1.165, 1.54) is 0 Å². The molecule has 1 atom stereocenters. The first-order valence-corrected chi connectivity index (χ1v) is 4.77. The molecule has 0 saturated carbocycles. The second-order valence-electron chi connectivity index (χ2n) is 5.69. The van der Waals surface area contributed by atoms with Crippen LogP contribution in [-0.2, 0) is 4.74 Å². The fraction of sp³-hybridized carbons (Fsp3) is 1.00. The van der Waals surface area contributed by atoms with Gasteiger partial charge in [0.2, 0.25) is 0 Å². The molecule has 0 radical (unpaired) electrons. The minimum absolute atomic E-state index is 0.000486. The van der Waals surface area contributed by atoms with Gasteiger partial charge in [0.1, 0.15) is 0 Å². The molecule has 0 aromatic heterocycles. The van der Waals surface area contributed by atoms with Gasteiger partial charge in [-0.2, -0.15) is 0 Å². The number of hydrogen-bond acceptors (Lipinski definition) is 1. The van der Waals surface area contributed by atoms with Crippen molar-refractivity contribution in [2.75, 3.05) is 6.61 Å². The highest BCUT2D eigenvalue weighted by Gasteiger charge is 2.22. The third kappa shape index (κ3) is 5.59. The summed E-state index contributed by atoms with van der Waals surface area (Å²) in [7, 11) is 0. The summed E-state index contributed by atoms with van der Waals surface area (Å²) in [5.74, 6) is 0.608. The van der Waals surface area contributed by atoms with Crippen LogP contribution in [0.25, 0.3) is 0 Å². The Balaban J connectivity index is 3.80. The first kappa shape index (κ1) is 12.0. The summed E-state index contributed by atoms with van der Waals surface area (Å²) >= 11 is 0. The third-order valence-electron chi connectivity index (χ3n) is 2.24. The Kier molecular flexibility index (Phi) is 3.77. The van der Waals surface area contributed by atoms with Crippen LogP contribution in [0.5, 0.6) is 0 Å².